The van der Waals surface area contributed by atoms with Crippen molar-refractivity contribution in [3.8, 4) is 0 Å². The molecule has 0 aliphatic carbocycles. The predicted molar refractivity (Wildman–Crippen MR) is 86.2 cm³/mol. The first kappa shape index (κ1) is 14.3. The summed E-state index contributed by atoms with van der Waals surface area (Å²) in [5.74, 6) is 0.579. The first-order valence-corrected chi connectivity index (χ1v) is 7.98. The number of nitrogen functional groups attached to an aromatic ring is 1. The summed E-state index contributed by atoms with van der Waals surface area (Å²) in [6.45, 7) is 7.60. The van der Waals surface area contributed by atoms with E-state index in [1.54, 1.807) is 0 Å². The van der Waals surface area contributed by atoms with Crippen molar-refractivity contribution < 1.29 is 0 Å². The van der Waals surface area contributed by atoms with Crippen LogP contribution in [0.15, 0.2) is 12.1 Å². The van der Waals surface area contributed by atoms with E-state index in [2.05, 4.69) is 26.4 Å². The van der Waals surface area contributed by atoms with Crippen LogP contribution in [-0.2, 0) is 6.54 Å². The maximum Gasteiger partial charge on any atom is 0.202 e. The number of pyridine rings is 1. The van der Waals surface area contributed by atoms with E-state index >= 15 is 0 Å². The number of fused-ring (bicyclic) bond motifs is 1. The minimum atomic E-state index is 0.579. The molecule has 0 saturated carbocycles. The van der Waals surface area contributed by atoms with Gasteiger partial charge in [0.2, 0.25) is 5.95 Å². The van der Waals surface area contributed by atoms with Gasteiger partial charge in [0, 0.05) is 24.8 Å². The zero-order valence-electron chi connectivity index (χ0n) is 13.0. The molecule has 1 aliphatic rings. The van der Waals surface area contributed by atoms with Crippen LogP contribution in [0.1, 0.15) is 38.3 Å². The fraction of sp³-hybridized carbons (Fsp3) is 0.625. The van der Waals surface area contributed by atoms with Crippen LogP contribution in [0.5, 0.6) is 0 Å². The third-order valence-corrected chi connectivity index (χ3v) is 4.53. The lowest BCUT2D eigenvalue weighted by Crippen LogP contribution is -2.38. The molecule has 0 bridgehead atoms. The van der Waals surface area contributed by atoms with E-state index in [0.29, 0.717) is 5.95 Å². The van der Waals surface area contributed by atoms with E-state index in [1.807, 2.05) is 19.1 Å². The lowest BCUT2D eigenvalue weighted by Gasteiger charge is -2.33. The van der Waals surface area contributed by atoms with Crippen LogP contribution in [0.4, 0.5) is 5.95 Å². The summed E-state index contributed by atoms with van der Waals surface area (Å²) in [6, 6.07) is 4.70. The van der Waals surface area contributed by atoms with Crippen molar-refractivity contribution in [1.29, 1.82) is 0 Å². The molecule has 0 radical (unpaired) electrons. The number of rotatable bonds is 4. The number of likely N-dealkylation sites (tertiary alicyclic amines) is 1. The van der Waals surface area contributed by atoms with E-state index in [9.17, 15) is 0 Å². The highest BCUT2D eigenvalue weighted by molar-refractivity contribution is 5.74. The van der Waals surface area contributed by atoms with Crippen molar-refractivity contribution in [2.75, 3.05) is 18.8 Å². The number of nitrogens with zero attached hydrogens (tertiary/aromatic N) is 4. The Kier molecular flexibility index (Phi) is 4.10. The van der Waals surface area contributed by atoms with Crippen LogP contribution in [0.2, 0.25) is 0 Å². The molecule has 1 aliphatic heterocycles. The van der Waals surface area contributed by atoms with Gasteiger partial charge < -0.3 is 10.6 Å². The Morgan fingerprint density at radius 1 is 1.24 bits per heavy atom. The average Bonchev–Trinajstić information content (AvgIpc) is 2.77. The highest BCUT2D eigenvalue weighted by atomic mass is 15.2. The van der Waals surface area contributed by atoms with E-state index in [4.69, 9.17) is 5.73 Å². The summed E-state index contributed by atoms with van der Waals surface area (Å²) in [5.41, 5.74) is 8.86. The van der Waals surface area contributed by atoms with Gasteiger partial charge in [-0.25, -0.2) is 9.97 Å². The molecular weight excluding hydrogens is 262 g/mol. The Labute approximate surface area is 126 Å². The lowest BCUT2D eigenvalue weighted by molar-refractivity contribution is 0.157. The largest absolute Gasteiger partial charge is 0.369 e. The van der Waals surface area contributed by atoms with Crippen molar-refractivity contribution in [1.82, 2.24) is 19.4 Å². The van der Waals surface area contributed by atoms with Gasteiger partial charge in [-0.3, -0.25) is 4.57 Å². The molecular formula is C16H25N5. The molecule has 3 rings (SSSR count). The van der Waals surface area contributed by atoms with Gasteiger partial charge in [0.05, 0.1) is 0 Å². The maximum atomic E-state index is 6.05. The molecule has 2 aromatic heterocycles. The average molecular weight is 287 g/mol. The summed E-state index contributed by atoms with van der Waals surface area (Å²) >= 11 is 0. The molecule has 0 aromatic carbocycles. The first-order chi connectivity index (χ1) is 10.1. The fourth-order valence-corrected chi connectivity index (χ4v) is 3.26. The molecule has 1 fully saturated rings. The topological polar surface area (TPSA) is 60.0 Å². The zero-order chi connectivity index (χ0) is 14.8. The second-order valence-corrected chi connectivity index (χ2v) is 6.15. The first-order valence-electron chi connectivity index (χ1n) is 7.98. The number of hydrogen-bond donors (Lipinski definition) is 1. The minimum absolute atomic E-state index is 0.579. The third kappa shape index (κ3) is 3.02. The van der Waals surface area contributed by atoms with E-state index in [-0.39, 0.29) is 0 Å². The number of piperidine rings is 1. The van der Waals surface area contributed by atoms with Crippen molar-refractivity contribution in [2.24, 2.45) is 0 Å². The molecule has 5 heteroatoms. The van der Waals surface area contributed by atoms with Crippen LogP contribution in [0.3, 0.4) is 0 Å². The van der Waals surface area contributed by atoms with Crippen molar-refractivity contribution in [3.05, 3.63) is 17.8 Å². The molecule has 1 atom stereocenters. The maximum absolute atomic E-state index is 6.05. The van der Waals surface area contributed by atoms with Gasteiger partial charge in [0.25, 0.3) is 0 Å². The predicted octanol–water partition coefficient (Wildman–Crippen LogP) is 2.59. The molecule has 2 N–H and O–H groups in total. The van der Waals surface area contributed by atoms with Gasteiger partial charge in [0.1, 0.15) is 5.52 Å². The monoisotopic (exact) mass is 287 g/mol. The van der Waals surface area contributed by atoms with Gasteiger partial charge in [-0.2, -0.15) is 0 Å². The lowest BCUT2D eigenvalue weighted by atomic mass is 10.0. The van der Waals surface area contributed by atoms with Crippen molar-refractivity contribution in [3.63, 3.8) is 0 Å². The summed E-state index contributed by atoms with van der Waals surface area (Å²) in [7, 11) is 0. The zero-order valence-corrected chi connectivity index (χ0v) is 13.0. The SMILES string of the molecule is Cc1ccc2nc(N)n(CCCN3CCCCC3C)c2n1. The van der Waals surface area contributed by atoms with Crippen LogP contribution >= 0.6 is 0 Å². The summed E-state index contributed by atoms with van der Waals surface area (Å²) in [6.07, 6.45) is 5.13. The Morgan fingerprint density at radius 2 is 2.10 bits per heavy atom. The van der Waals surface area contributed by atoms with Crippen LogP contribution < -0.4 is 5.73 Å². The van der Waals surface area contributed by atoms with Crippen LogP contribution in [0, 0.1) is 6.92 Å². The third-order valence-electron chi connectivity index (χ3n) is 4.53. The van der Waals surface area contributed by atoms with E-state index in [0.717, 1.165) is 42.4 Å². The molecule has 5 nitrogen and oxygen atoms in total. The standard InChI is InChI=1S/C16H25N5/c1-12-7-8-14-15(18-12)21(16(17)19-14)11-5-10-20-9-4-3-6-13(20)2/h7-8,13H,3-6,9-11H2,1-2H3,(H2,17,19). The minimum Gasteiger partial charge on any atom is -0.369 e. The van der Waals surface area contributed by atoms with Gasteiger partial charge in [-0.1, -0.05) is 6.42 Å². The number of aryl methyl sites for hydroxylation is 2. The van der Waals surface area contributed by atoms with Crippen LogP contribution in [-0.4, -0.2) is 38.6 Å². The molecule has 0 amide bonds. The van der Waals surface area contributed by atoms with Gasteiger partial charge >= 0.3 is 0 Å². The highest BCUT2D eigenvalue weighted by Crippen LogP contribution is 2.19. The molecule has 2 aromatic rings. The fourth-order valence-electron chi connectivity index (χ4n) is 3.26. The van der Waals surface area contributed by atoms with E-state index < -0.39 is 0 Å². The number of nitrogens with two attached hydrogens (primary N) is 1. The molecule has 1 saturated heterocycles. The molecule has 3 heterocycles. The normalized spacial score (nSPS) is 20.2. The number of imidazole rings is 1. The molecule has 0 spiro atoms. The summed E-state index contributed by atoms with van der Waals surface area (Å²) < 4.78 is 2.05. The summed E-state index contributed by atoms with van der Waals surface area (Å²) in [4.78, 5) is 11.6. The Balaban J connectivity index is 1.67. The molecule has 1 unspecified atom stereocenters. The Morgan fingerprint density at radius 3 is 2.90 bits per heavy atom. The van der Waals surface area contributed by atoms with Crippen LogP contribution in [0.25, 0.3) is 11.2 Å². The molecule has 114 valence electrons. The van der Waals surface area contributed by atoms with Gasteiger partial charge in [-0.05, 0) is 51.8 Å². The number of aromatic nitrogens is 3. The Bertz CT molecular complexity index is 618. The van der Waals surface area contributed by atoms with Crippen molar-refractivity contribution in [2.45, 2.75) is 52.1 Å². The van der Waals surface area contributed by atoms with E-state index in [1.165, 1.54) is 25.8 Å². The number of hydrogen-bond acceptors (Lipinski definition) is 4. The van der Waals surface area contributed by atoms with Crippen molar-refractivity contribution >= 4 is 17.1 Å². The summed E-state index contributed by atoms with van der Waals surface area (Å²) in [5, 5.41) is 0. The molecule has 21 heavy (non-hydrogen) atoms. The second kappa shape index (κ2) is 6.02. The van der Waals surface area contributed by atoms with Gasteiger partial charge in [-0.15, -0.1) is 0 Å². The second-order valence-electron chi connectivity index (χ2n) is 6.15. The highest BCUT2D eigenvalue weighted by Gasteiger charge is 2.17. The quantitative estimate of drug-likeness (QED) is 0.939. The Hall–Kier alpha value is -1.62. The smallest absolute Gasteiger partial charge is 0.202 e. The number of anilines is 1. The van der Waals surface area contributed by atoms with Gasteiger partial charge in [0.15, 0.2) is 5.65 Å².